The van der Waals surface area contributed by atoms with Crippen molar-refractivity contribution >= 4 is 31.2 Å². The fraction of sp³-hybridized carbons (Fsp3) is 0.421. The molecule has 0 aliphatic carbocycles. The van der Waals surface area contributed by atoms with Gasteiger partial charge in [-0.2, -0.15) is 0 Å². The molecule has 24 heavy (non-hydrogen) atoms. The van der Waals surface area contributed by atoms with Gasteiger partial charge in [0.1, 0.15) is 8.07 Å². The number of aromatic nitrogens is 1. The van der Waals surface area contributed by atoms with Crippen molar-refractivity contribution in [3.05, 3.63) is 48.7 Å². The van der Waals surface area contributed by atoms with Crippen LogP contribution in [0, 0.1) is 0 Å². The van der Waals surface area contributed by atoms with E-state index in [2.05, 4.69) is 82.2 Å². The zero-order valence-electron chi connectivity index (χ0n) is 15.5. The summed E-state index contributed by atoms with van der Waals surface area (Å²) in [6.07, 6.45) is 1.88. The molecule has 0 unspecified atom stereocenters. The largest absolute Gasteiger partial charge is 0.494 e. The maximum absolute atomic E-state index is 6.19. The Bertz CT molecular complexity index is 715. The highest BCUT2D eigenvalue weighted by Crippen LogP contribution is 2.36. The van der Waals surface area contributed by atoms with Gasteiger partial charge in [0.15, 0.2) is 0 Å². The molecule has 2 heterocycles. The standard InChI is InChI=1S/C19H26BNO2Si/c1-18(2)19(3,4)23-20(22-18)15-12-13-21-17(14-15)24(5,6)16-10-8-7-9-11-16/h7-14H,1-6H3. The molecule has 0 radical (unpaired) electrons. The van der Waals surface area contributed by atoms with Gasteiger partial charge < -0.3 is 9.31 Å². The Kier molecular flexibility index (Phi) is 4.23. The highest BCUT2D eigenvalue weighted by atomic mass is 28.3. The van der Waals surface area contributed by atoms with Crippen LogP contribution < -0.4 is 16.0 Å². The minimum absolute atomic E-state index is 0.326. The number of hydrogen-bond acceptors (Lipinski definition) is 3. The summed E-state index contributed by atoms with van der Waals surface area (Å²) < 4.78 is 12.4. The Hall–Kier alpha value is -1.43. The molecule has 0 spiro atoms. The van der Waals surface area contributed by atoms with Gasteiger partial charge in [0.2, 0.25) is 0 Å². The van der Waals surface area contributed by atoms with Crippen LogP contribution in [-0.2, 0) is 9.31 Å². The molecule has 1 saturated heterocycles. The fourth-order valence-electron chi connectivity index (χ4n) is 2.92. The summed E-state index contributed by atoms with van der Waals surface area (Å²) in [6.45, 7) is 13.0. The second kappa shape index (κ2) is 5.83. The van der Waals surface area contributed by atoms with Crippen molar-refractivity contribution in [3.63, 3.8) is 0 Å². The Morgan fingerprint density at radius 3 is 2.08 bits per heavy atom. The second-order valence-corrected chi connectivity index (χ2v) is 12.4. The van der Waals surface area contributed by atoms with E-state index in [0.717, 1.165) is 10.8 Å². The third-order valence-corrected chi connectivity index (χ3v) is 8.78. The van der Waals surface area contributed by atoms with E-state index < -0.39 is 8.07 Å². The first-order valence-electron chi connectivity index (χ1n) is 8.51. The molecule has 0 bridgehead atoms. The molecular weight excluding hydrogens is 313 g/mol. The van der Waals surface area contributed by atoms with Crippen molar-refractivity contribution in [1.82, 2.24) is 4.98 Å². The van der Waals surface area contributed by atoms with Crippen LogP contribution in [0.4, 0.5) is 0 Å². The predicted molar refractivity (Wildman–Crippen MR) is 103 cm³/mol. The van der Waals surface area contributed by atoms with Crippen molar-refractivity contribution < 1.29 is 9.31 Å². The fourth-order valence-corrected chi connectivity index (χ4v) is 5.16. The van der Waals surface area contributed by atoms with Crippen LogP contribution in [0.1, 0.15) is 27.7 Å². The van der Waals surface area contributed by atoms with Crippen LogP contribution in [0.5, 0.6) is 0 Å². The highest BCUT2D eigenvalue weighted by molar-refractivity contribution is 7.00. The van der Waals surface area contributed by atoms with Crippen LogP contribution in [-0.4, -0.2) is 31.4 Å². The molecule has 126 valence electrons. The Labute approximate surface area is 146 Å². The zero-order valence-corrected chi connectivity index (χ0v) is 16.5. The molecule has 3 rings (SSSR count). The van der Waals surface area contributed by atoms with E-state index in [1.54, 1.807) is 0 Å². The highest BCUT2D eigenvalue weighted by Gasteiger charge is 2.51. The minimum Gasteiger partial charge on any atom is -0.399 e. The maximum atomic E-state index is 6.19. The molecule has 1 aliphatic rings. The number of pyridine rings is 1. The van der Waals surface area contributed by atoms with Crippen molar-refractivity contribution in [2.45, 2.75) is 52.0 Å². The van der Waals surface area contributed by atoms with Crippen molar-refractivity contribution in [2.75, 3.05) is 0 Å². The Morgan fingerprint density at radius 2 is 1.50 bits per heavy atom. The quantitative estimate of drug-likeness (QED) is 0.804. The Morgan fingerprint density at radius 1 is 0.917 bits per heavy atom. The van der Waals surface area contributed by atoms with Crippen LogP contribution in [0.15, 0.2) is 48.7 Å². The van der Waals surface area contributed by atoms with Gasteiger partial charge >= 0.3 is 7.12 Å². The van der Waals surface area contributed by atoms with E-state index in [0.29, 0.717) is 0 Å². The number of hydrogen-bond donors (Lipinski definition) is 0. The number of nitrogens with zero attached hydrogens (tertiary/aromatic N) is 1. The molecule has 0 N–H and O–H groups in total. The minimum atomic E-state index is -1.83. The van der Waals surface area contributed by atoms with Gasteiger partial charge in [0.05, 0.1) is 11.2 Å². The monoisotopic (exact) mass is 339 g/mol. The van der Waals surface area contributed by atoms with Gasteiger partial charge in [-0.1, -0.05) is 48.6 Å². The predicted octanol–water partition coefficient (Wildman–Crippen LogP) is 2.20. The summed E-state index contributed by atoms with van der Waals surface area (Å²) in [5, 5.41) is 2.53. The second-order valence-electron chi connectivity index (χ2n) is 8.05. The van der Waals surface area contributed by atoms with Gasteiger partial charge in [-0.3, -0.25) is 4.98 Å². The number of rotatable bonds is 3. The summed E-state index contributed by atoms with van der Waals surface area (Å²) in [5.74, 6) is 0. The van der Waals surface area contributed by atoms with E-state index in [1.807, 2.05) is 12.3 Å². The molecule has 1 aliphatic heterocycles. The molecule has 1 aromatic heterocycles. The van der Waals surface area contributed by atoms with E-state index in [-0.39, 0.29) is 18.3 Å². The van der Waals surface area contributed by atoms with E-state index in [9.17, 15) is 0 Å². The lowest BCUT2D eigenvalue weighted by Gasteiger charge is -2.32. The smallest absolute Gasteiger partial charge is 0.399 e. The molecule has 2 aromatic rings. The first-order valence-corrected chi connectivity index (χ1v) is 11.5. The first-order chi connectivity index (χ1) is 11.1. The molecule has 5 heteroatoms. The lowest BCUT2D eigenvalue weighted by molar-refractivity contribution is 0.00578. The first kappa shape index (κ1) is 17.4. The summed E-state index contributed by atoms with van der Waals surface area (Å²) >= 11 is 0. The van der Waals surface area contributed by atoms with Crippen molar-refractivity contribution in [3.8, 4) is 0 Å². The molecule has 0 saturated carbocycles. The normalized spacial score (nSPS) is 19.5. The molecule has 0 atom stereocenters. The van der Waals surface area contributed by atoms with Crippen molar-refractivity contribution in [1.29, 1.82) is 0 Å². The Balaban J connectivity index is 1.94. The van der Waals surface area contributed by atoms with Gasteiger partial charge in [0.25, 0.3) is 0 Å². The molecule has 0 amide bonds. The van der Waals surface area contributed by atoms with E-state index >= 15 is 0 Å². The summed E-state index contributed by atoms with van der Waals surface area (Å²) in [5.41, 5.74) is 0.399. The molecule has 1 fully saturated rings. The van der Waals surface area contributed by atoms with E-state index in [4.69, 9.17) is 9.31 Å². The lowest BCUT2D eigenvalue weighted by Crippen LogP contribution is -2.55. The van der Waals surface area contributed by atoms with Gasteiger partial charge in [-0.25, -0.2) is 0 Å². The van der Waals surface area contributed by atoms with Crippen LogP contribution in [0.2, 0.25) is 13.1 Å². The summed E-state index contributed by atoms with van der Waals surface area (Å²) in [4.78, 5) is 4.68. The van der Waals surface area contributed by atoms with E-state index in [1.165, 1.54) is 5.19 Å². The summed E-state index contributed by atoms with van der Waals surface area (Å²) in [7, 11) is -2.17. The van der Waals surface area contributed by atoms with Crippen LogP contribution in [0.25, 0.3) is 0 Å². The number of benzene rings is 1. The molecule has 1 aromatic carbocycles. The van der Waals surface area contributed by atoms with Gasteiger partial charge in [-0.05, 0) is 45.3 Å². The zero-order chi connectivity index (χ0) is 17.6. The SMILES string of the molecule is CC1(C)OB(c2ccnc([Si](C)(C)c3ccccc3)c2)OC1(C)C. The van der Waals surface area contributed by atoms with Crippen molar-refractivity contribution in [2.24, 2.45) is 0 Å². The van der Waals surface area contributed by atoms with Crippen LogP contribution in [0.3, 0.4) is 0 Å². The van der Waals surface area contributed by atoms with Crippen LogP contribution >= 0.6 is 0 Å². The summed E-state index contributed by atoms with van der Waals surface area (Å²) in [6, 6.07) is 14.8. The third kappa shape index (κ3) is 2.96. The average Bonchev–Trinajstić information content (AvgIpc) is 2.76. The maximum Gasteiger partial charge on any atom is 0.494 e. The van der Waals surface area contributed by atoms with Gasteiger partial charge in [-0.15, -0.1) is 0 Å². The van der Waals surface area contributed by atoms with Gasteiger partial charge in [0, 0.05) is 11.5 Å². The average molecular weight is 339 g/mol. The molecule has 3 nitrogen and oxygen atoms in total. The molecular formula is C19H26BNO2Si. The third-order valence-electron chi connectivity index (χ3n) is 5.45. The topological polar surface area (TPSA) is 31.4 Å². The lowest BCUT2D eigenvalue weighted by atomic mass is 9.80.